The van der Waals surface area contributed by atoms with Crippen LogP contribution in [0.3, 0.4) is 0 Å². The van der Waals surface area contributed by atoms with Gasteiger partial charge in [0, 0.05) is 25.1 Å². The standard InChI is InChI=1S/C32H32FN3O9/c1-36(2)24-18-12-16-11-17-13-19(33)22(30(41)34-9-10-43-3)26(38)20(17)25(37)21(16)28(39)32(18,42)29(40)23-27(24)45-35-31(23)44-14-15-7-5-4-6-8-15/h4-8,13,16,18,24,38-39,42H,9-12,14H2,1-3H3,(H,34,41)/t16-,18-,24-,32-/m0/s1. The molecular weight excluding hydrogens is 589 g/mol. The van der Waals surface area contributed by atoms with E-state index in [1.165, 1.54) is 7.11 Å². The first-order chi connectivity index (χ1) is 21.5. The number of aromatic nitrogens is 1. The minimum atomic E-state index is -2.58. The summed E-state index contributed by atoms with van der Waals surface area (Å²) in [5, 5.41) is 41.2. The molecule has 3 aliphatic rings. The van der Waals surface area contributed by atoms with Crippen LogP contribution in [0.25, 0.3) is 0 Å². The molecule has 3 aromatic rings. The van der Waals surface area contributed by atoms with Crippen molar-refractivity contribution in [1.82, 2.24) is 15.4 Å². The number of carbonyl (C=O) groups is 3. The van der Waals surface area contributed by atoms with Crippen molar-refractivity contribution in [2.45, 2.75) is 31.1 Å². The summed E-state index contributed by atoms with van der Waals surface area (Å²) < 4.78 is 31.5. The van der Waals surface area contributed by atoms with Crippen LogP contribution < -0.4 is 10.1 Å². The Bertz CT molecular complexity index is 1730. The third kappa shape index (κ3) is 4.69. The molecule has 0 aliphatic heterocycles. The number of ketones is 2. The van der Waals surface area contributed by atoms with Gasteiger partial charge in [-0.25, -0.2) is 4.39 Å². The highest BCUT2D eigenvalue weighted by Gasteiger charge is 2.64. The quantitative estimate of drug-likeness (QED) is 0.273. The van der Waals surface area contributed by atoms with Crippen LogP contribution in [0.5, 0.6) is 11.6 Å². The molecule has 1 heterocycles. The zero-order chi connectivity index (χ0) is 32.2. The number of carbonyl (C=O) groups excluding carboxylic acids is 3. The molecule has 2 aromatic carbocycles. The average Bonchev–Trinajstić information content (AvgIpc) is 3.41. The van der Waals surface area contributed by atoms with Crippen LogP contribution in [0.1, 0.15) is 60.4 Å². The summed E-state index contributed by atoms with van der Waals surface area (Å²) in [6.07, 6.45) is 0.0176. The lowest BCUT2D eigenvalue weighted by Gasteiger charge is -2.49. The maximum Gasteiger partial charge on any atom is 0.265 e. The molecule has 1 amide bonds. The van der Waals surface area contributed by atoms with Crippen LogP contribution in [0.2, 0.25) is 0 Å². The van der Waals surface area contributed by atoms with Gasteiger partial charge in [0.15, 0.2) is 17.1 Å². The lowest BCUT2D eigenvalue weighted by atomic mass is 9.58. The van der Waals surface area contributed by atoms with Crippen molar-refractivity contribution in [3.8, 4) is 11.6 Å². The smallest absolute Gasteiger partial charge is 0.265 e. The predicted molar refractivity (Wildman–Crippen MR) is 155 cm³/mol. The fourth-order valence-electron chi connectivity index (χ4n) is 6.84. The van der Waals surface area contributed by atoms with Crippen molar-refractivity contribution in [2.24, 2.45) is 11.8 Å². The monoisotopic (exact) mass is 621 g/mol. The number of amides is 1. The molecule has 0 unspecified atom stereocenters. The van der Waals surface area contributed by atoms with Gasteiger partial charge in [0.2, 0.25) is 5.78 Å². The molecule has 45 heavy (non-hydrogen) atoms. The molecule has 13 heteroatoms. The number of halogens is 1. The van der Waals surface area contributed by atoms with Gasteiger partial charge in [0.05, 0.1) is 18.2 Å². The fourth-order valence-corrected chi connectivity index (χ4v) is 6.84. The highest BCUT2D eigenvalue weighted by atomic mass is 19.1. The number of aromatic hydroxyl groups is 1. The van der Waals surface area contributed by atoms with Gasteiger partial charge >= 0.3 is 0 Å². The maximum absolute atomic E-state index is 15.2. The molecule has 3 aliphatic carbocycles. The number of phenolic OH excluding ortho intramolecular Hbond substituents is 1. The topological polar surface area (TPSA) is 172 Å². The Morgan fingerprint density at radius 3 is 2.62 bits per heavy atom. The van der Waals surface area contributed by atoms with Crippen molar-refractivity contribution in [3.63, 3.8) is 0 Å². The molecule has 12 nitrogen and oxygen atoms in total. The second-order valence-electron chi connectivity index (χ2n) is 11.7. The van der Waals surface area contributed by atoms with Crippen LogP contribution in [0.15, 0.2) is 52.3 Å². The molecule has 236 valence electrons. The number of methoxy groups -OCH3 is 1. The average molecular weight is 622 g/mol. The lowest BCUT2D eigenvalue weighted by Crippen LogP contribution is -2.59. The SMILES string of the molecule is COCCNC(=O)c1c(F)cc2c(c1O)C(=O)C1=C(O)[C@]3(O)C(=O)c4c(OCc5ccccc5)noc4[C@@H](N(C)C)[C@@H]3C[C@@H]1C2. The van der Waals surface area contributed by atoms with E-state index in [0.29, 0.717) is 0 Å². The van der Waals surface area contributed by atoms with E-state index in [1.54, 1.807) is 19.0 Å². The van der Waals surface area contributed by atoms with Crippen molar-refractivity contribution >= 4 is 17.5 Å². The number of allylic oxidation sites excluding steroid dienone is 1. The van der Waals surface area contributed by atoms with Gasteiger partial charge in [0.25, 0.3) is 11.8 Å². The Morgan fingerprint density at radius 2 is 1.93 bits per heavy atom. The minimum Gasteiger partial charge on any atom is -0.508 e. The Morgan fingerprint density at radius 1 is 1.20 bits per heavy atom. The Labute approximate surface area is 257 Å². The van der Waals surface area contributed by atoms with Crippen LogP contribution in [0.4, 0.5) is 4.39 Å². The summed E-state index contributed by atoms with van der Waals surface area (Å²) in [4.78, 5) is 42.5. The van der Waals surface area contributed by atoms with Gasteiger partial charge in [-0.2, -0.15) is 0 Å². The highest BCUT2D eigenvalue weighted by molar-refractivity contribution is 6.17. The van der Waals surface area contributed by atoms with E-state index in [-0.39, 0.29) is 66.5 Å². The number of aliphatic hydroxyl groups is 2. The number of benzene rings is 2. The first-order valence-electron chi connectivity index (χ1n) is 14.4. The third-order valence-corrected chi connectivity index (χ3v) is 8.88. The van der Waals surface area contributed by atoms with Crippen LogP contribution in [-0.4, -0.2) is 82.8 Å². The van der Waals surface area contributed by atoms with E-state index < -0.39 is 63.8 Å². The molecular formula is C32H32FN3O9. The molecule has 0 radical (unpaired) electrons. The summed E-state index contributed by atoms with van der Waals surface area (Å²) >= 11 is 0. The van der Waals surface area contributed by atoms with Gasteiger partial charge in [-0.15, -0.1) is 0 Å². The molecule has 1 aromatic heterocycles. The van der Waals surface area contributed by atoms with Crippen molar-refractivity contribution in [2.75, 3.05) is 34.4 Å². The number of hydrogen-bond acceptors (Lipinski definition) is 11. The molecule has 0 bridgehead atoms. The van der Waals surface area contributed by atoms with Crippen molar-refractivity contribution in [3.05, 3.63) is 87.1 Å². The molecule has 0 saturated carbocycles. The summed E-state index contributed by atoms with van der Waals surface area (Å²) in [7, 11) is 4.84. The number of rotatable bonds is 8. The van der Waals surface area contributed by atoms with Crippen LogP contribution >= 0.6 is 0 Å². The van der Waals surface area contributed by atoms with E-state index in [4.69, 9.17) is 14.0 Å². The van der Waals surface area contributed by atoms with Gasteiger partial charge in [-0.3, -0.25) is 19.3 Å². The second-order valence-corrected chi connectivity index (χ2v) is 11.7. The molecule has 4 atom stereocenters. The molecule has 0 fully saturated rings. The van der Waals surface area contributed by atoms with E-state index in [0.717, 1.165) is 11.6 Å². The van der Waals surface area contributed by atoms with Crippen LogP contribution in [-0.2, 0) is 17.8 Å². The van der Waals surface area contributed by atoms with Gasteiger partial charge in [-0.1, -0.05) is 30.3 Å². The first-order valence-corrected chi connectivity index (χ1v) is 14.4. The third-order valence-electron chi connectivity index (χ3n) is 8.88. The van der Waals surface area contributed by atoms with Gasteiger partial charge < -0.3 is 34.6 Å². The van der Waals surface area contributed by atoms with E-state index in [1.807, 2.05) is 30.3 Å². The normalized spacial score (nSPS) is 23.7. The number of aliphatic hydroxyl groups excluding tert-OH is 1. The second kappa shape index (κ2) is 11.4. The van der Waals surface area contributed by atoms with Gasteiger partial charge in [-0.05, 0) is 55.2 Å². The molecule has 0 spiro atoms. The van der Waals surface area contributed by atoms with E-state index in [2.05, 4.69) is 10.5 Å². The first kappa shape index (κ1) is 30.4. The van der Waals surface area contributed by atoms with Gasteiger partial charge in [0.1, 0.15) is 35.1 Å². The molecule has 6 rings (SSSR count). The van der Waals surface area contributed by atoms with E-state index >= 15 is 4.39 Å². The lowest BCUT2D eigenvalue weighted by molar-refractivity contribution is -0.0559. The Kier molecular flexibility index (Phi) is 7.71. The van der Waals surface area contributed by atoms with Crippen LogP contribution in [0, 0.1) is 17.7 Å². The predicted octanol–water partition coefficient (Wildman–Crippen LogP) is 2.89. The Hall–Kier alpha value is -4.59. The number of phenols is 1. The summed E-state index contributed by atoms with van der Waals surface area (Å²) in [5.41, 5.74) is -3.20. The van der Waals surface area contributed by atoms with Crippen molar-refractivity contribution < 1.29 is 48.1 Å². The van der Waals surface area contributed by atoms with Crippen molar-refractivity contribution in [1.29, 1.82) is 0 Å². The largest absolute Gasteiger partial charge is 0.508 e. The Balaban J connectivity index is 1.42. The number of ether oxygens (including phenoxy) is 2. The molecule has 0 saturated heterocycles. The number of nitrogens with zero attached hydrogens (tertiary/aromatic N) is 2. The summed E-state index contributed by atoms with van der Waals surface area (Å²) in [6.45, 7) is 0.205. The zero-order valence-corrected chi connectivity index (χ0v) is 24.8. The summed E-state index contributed by atoms with van der Waals surface area (Å²) in [5.74, 6) is -7.37. The molecule has 4 N–H and O–H groups in total. The van der Waals surface area contributed by atoms with E-state index in [9.17, 15) is 29.7 Å². The highest BCUT2D eigenvalue weighted by Crippen LogP contribution is 2.56. The number of fused-ring (bicyclic) bond motifs is 4. The maximum atomic E-state index is 15.2. The number of Topliss-reactive ketones (excluding diaryl/α,β-unsaturated/α-hetero) is 2. The zero-order valence-electron chi connectivity index (χ0n) is 24.8. The number of hydrogen-bond donors (Lipinski definition) is 4. The minimum absolute atomic E-state index is 0.00780. The fraction of sp³-hybridized carbons (Fsp3) is 0.375. The number of nitrogens with one attached hydrogen (secondary N) is 1. The summed E-state index contributed by atoms with van der Waals surface area (Å²) in [6, 6.07) is 9.38.